The molecule has 6 N–H and O–H groups in total. The maximum absolute atomic E-state index is 12.6. The van der Waals surface area contributed by atoms with Crippen LogP contribution in [0.5, 0.6) is 0 Å². The van der Waals surface area contributed by atoms with E-state index in [0.717, 1.165) is 0 Å². The number of aliphatic hydroxyl groups excluding tert-OH is 1. The van der Waals surface area contributed by atoms with E-state index in [1.165, 1.54) is 12.1 Å². The summed E-state index contributed by atoms with van der Waals surface area (Å²) >= 11 is 8.18. The Hall–Kier alpha value is -2.55. The lowest BCUT2D eigenvalue weighted by Gasteiger charge is -2.16. The molecule has 160 valence electrons. The van der Waals surface area contributed by atoms with Gasteiger partial charge in [-0.3, -0.25) is 10.2 Å². The first-order chi connectivity index (χ1) is 14.3. The molecular formula is C16H19BrN8O3S2. The number of H-pyrrole nitrogens is 2. The van der Waals surface area contributed by atoms with Crippen LogP contribution >= 0.6 is 28.1 Å². The summed E-state index contributed by atoms with van der Waals surface area (Å²) in [5.74, 6) is 0.750. The van der Waals surface area contributed by atoms with Gasteiger partial charge in [-0.25, -0.2) is 18.1 Å². The Morgan fingerprint density at radius 2 is 2.10 bits per heavy atom. The van der Waals surface area contributed by atoms with Crippen LogP contribution in [0.4, 0.5) is 23.4 Å². The summed E-state index contributed by atoms with van der Waals surface area (Å²) in [6.45, 7) is 1.90. The fourth-order valence-electron chi connectivity index (χ4n) is 2.37. The maximum Gasteiger partial charge on any atom is 0.264 e. The molecule has 2 aromatic heterocycles. The van der Waals surface area contributed by atoms with Crippen LogP contribution in [-0.4, -0.2) is 51.3 Å². The summed E-state index contributed by atoms with van der Waals surface area (Å²) in [5, 5.41) is 20.5. The number of anilines is 4. The number of benzene rings is 1. The van der Waals surface area contributed by atoms with Crippen molar-refractivity contribution in [3.05, 3.63) is 39.7 Å². The number of aromatic amines is 2. The molecule has 0 saturated carbocycles. The Balaban J connectivity index is 1.80. The van der Waals surface area contributed by atoms with Crippen LogP contribution in [0.25, 0.3) is 0 Å². The monoisotopic (exact) mass is 514 g/mol. The number of hydrogen-bond acceptors (Lipinski definition) is 9. The standard InChI is InChI=1S/C16H19BrN8O3S2/c1-2-9(8-26)19-13-12(17)7-18-14(21-13)20-10-4-3-5-11(6-10)30(27,28)25-15-22-16(29)24-23-15/h3-7,9,26H,2,8H2,1H3,(H2,18,19,20,21)(H3,22,23,24,25,29)/t9-/m1/s1. The lowest BCUT2D eigenvalue weighted by Crippen LogP contribution is -2.23. The van der Waals surface area contributed by atoms with Gasteiger partial charge in [-0.15, -0.1) is 0 Å². The number of aliphatic hydroxyl groups is 1. The van der Waals surface area contributed by atoms with E-state index in [1.807, 2.05) is 6.92 Å². The average Bonchev–Trinajstić information content (AvgIpc) is 3.12. The van der Waals surface area contributed by atoms with Crippen molar-refractivity contribution in [3.8, 4) is 0 Å². The van der Waals surface area contributed by atoms with Gasteiger partial charge in [-0.2, -0.15) is 9.97 Å². The first-order valence-corrected chi connectivity index (χ1v) is 11.4. The molecule has 14 heteroatoms. The highest BCUT2D eigenvalue weighted by Crippen LogP contribution is 2.24. The molecule has 30 heavy (non-hydrogen) atoms. The normalized spacial score (nSPS) is 12.4. The number of aromatic nitrogens is 5. The van der Waals surface area contributed by atoms with Crippen LogP contribution < -0.4 is 15.4 Å². The Morgan fingerprint density at radius 3 is 2.77 bits per heavy atom. The molecule has 3 rings (SSSR count). The lowest BCUT2D eigenvalue weighted by molar-refractivity contribution is 0.271. The Labute approximate surface area is 185 Å². The van der Waals surface area contributed by atoms with E-state index in [9.17, 15) is 13.5 Å². The molecule has 0 aliphatic rings. The van der Waals surface area contributed by atoms with E-state index in [4.69, 9.17) is 12.2 Å². The van der Waals surface area contributed by atoms with Crippen molar-refractivity contribution >= 4 is 61.6 Å². The van der Waals surface area contributed by atoms with Gasteiger partial charge in [0.2, 0.25) is 16.7 Å². The molecule has 2 heterocycles. The minimum absolute atomic E-state index is 0.0107. The highest BCUT2D eigenvalue weighted by molar-refractivity contribution is 9.10. The van der Waals surface area contributed by atoms with Gasteiger partial charge in [0.05, 0.1) is 22.0 Å². The second-order valence-corrected chi connectivity index (χ2v) is 9.02. The Morgan fingerprint density at radius 1 is 1.30 bits per heavy atom. The fourth-order valence-corrected chi connectivity index (χ4v) is 3.83. The van der Waals surface area contributed by atoms with Crippen LogP contribution in [0.2, 0.25) is 0 Å². The summed E-state index contributed by atoms with van der Waals surface area (Å²) < 4.78 is 28.2. The van der Waals surface area contributed by atoms with E-state index >= 15 is 0 Å². The van der Waals surface area contributed by atoms with E-state index in [-0.39, 0.29) is 34.2 Å². The van der Waals surface area contributed by atoms with Crippen molar-refractivity contribution in [2.75, 3.05) is 22.0 Å². The molecule has 3 aromatic rings. The SMILES string of the molecule is CC[C@H](CO)Nc1nc(Nc2cccc(S(=O)(=O)Nc3nc(=S)[nH][nH]3)c2)ncc1Br. The number of halogens is 1. The fraction of sp³-hybridized carbons (Fsp3) is 0.250. The molecule has 0 bridgehead atoms. The van der Waals surface area contributed by atoms with Crippen LogP contribution in [0.3, 0.4) is 0 Å². The lowest BCUT2D eigenvalue weighted by atomic mass is 10.2. The van der Waals surface area contributed by atoms with Crippen molar-refractivity contribution in [1.29, 1.82) is 0 Å². The van der Waals surface area contributed by atoms with Crippen molar-refractivity contribution in [2.24, 2.45) is 0 Å². The summed E-state index contributed by atoms with van der Waals surface area (Å²) in [5.41, 5.74) is 0.468. The minimum Gasteiger partial charge on any atom is -0.394 e. The van der Waals surface area contributed by atoms with Crippen molar-refractivity contribution < 1.29 is 13.5 Å². The zero-order valence-electron chi connectivity index (χ0n) is 15.7. The van der Waals surface area contributed by atoms with E-state index in [0.29, 0.717) is 22.4 Å². The predicted octanol–water partition coefficient (Wildman–Crippen LogP) is 2.75. The van der Waals surface area contributed by atoms with E-state index < -0.39 is 10.0 Å². The summed E-state index contributed by atoms with van der Waals surface area (Å²) in [4.78, 5) is 12.4. The third-order valence-corrected chi connectivity index (χ3v) is 6.04. The molecule has 0 fully saturated rings. The van der Waals surface area contributed by atoms with Gasteiger partial charge >= 0.3 is 0 Å². The number of rotatable bonds is 9. The molecule has 1 atom stereocenters. The van der Waals surface area contributed by atoms with Gasteiger partial charge in [-0.1, -0.05) is 13.0 Å². The molecule has 0 spiro atoms. The van der Waals surface area contributed by atoms with Gasteiger partial charge in [0.1, 0.15) is 5.82 Å². The molecule has 1 aromatic carbocycles. The summed E-state index contributed by atoms with van der Waals surface area (Å²) in [6, 6.07) is 5.99. The highest BCUT2D eigenvalue weighted by Gasteiger charge is 2.17. The first kappa shape index (κ1) is 22.1. The maximum atomic E-state index is 12.6. The van der Waals surface area contributed by atoms with E-state index in [1.54, 1.807) is 18.3 Å². The van der Waals surface area contributed by atoms with Gasteiger partial charge in [0, 0.05) is 11.9 Å². The molecule has 0 amide bonds. The third-order valence-electron chi connectivity index (χ3n) is 3.93. The average molecular weight is 515 g/mol. The highest BCUT2D eigenvalue weighted by atomic mass is 79.9. The van der Waals surface area contributed by atoms with Gasteiger partial charge in [0.25, 0.3) is 10.0 Å². The molecule has 0 saturated heterocycles. The minimum atomic E-state index is -3.89. The van der Waals surface area contributed by atoms with E-state index in [2.05, 4.69) is 56.4 Å². The Kier molecular flexibility index (Phi) is 7.02. The topological polar surface area (TPSA) is 161 Å². The first-order valence-electron chi connectivity index (χ1n) is 8.75. The molecular weight excluding hydrogens is 496 g/mol. The van der Waals surface area contributed by atoms with Crippen LogP contribution in [0.15, 0.2) is 39.8 Å². The van der Waals surface area contributed by atoms with Crippen molar-refractivity contribution in [2.45, 2.75) is 24.3 Å². The van der Waals surface area contributed by atoms with Gasteiger partial charge < -0.3 is 15.7 Å². The summed E-state index contributed by atoms with van der Waals surface area (Å²) in [7, 11) is -3.89. The molecule has 11 nitrogen and oxygen atoms in total. The quantitative estimate of drug-likeness (QED) is 0.236. The zero-order chi connectivity index (χ0) is 21.7. The predicted molar refractivity (Wildman–Crippen MR) is 119 cm³/mol. The third kappa shape index (κ3) is 5.53. The Bertz CT molecular complexity index is 1180. The molecule has 0 unspecified atom stereocenters. The number of hydrogen-bond donors (Lipinski definition) is 6. The van der Waals surface area contributed by atoms with Gasteiger partial charge in [-0.05, 0) is 52.8 Å². The molecule has 0 aliphatic carbocycles. The zero-order valence-corrected chi connectivity index (χ0v) is 18.9. The smallest absolute Gasteiger partial charge is 0.264 e. The second kappa shape index (κ2) is 9.51. The van der Waals surface area contributed by atoms with Crippen molar-refractivity contribution in [3.63, 3.8) is 0 Å². The van der Waals surface area contributed by atoms with Gasteiger partial charge in [0.15, 0.2) is 0 Å². The van der Waals surface area contributed by atoms with Crippen molar-refractivity contribution in [1.82, 2.24) is 25.1 Å². The van der Waals surface area contributed by atoms with Crippen LogP contribution in [0, 0.1) is 4.77 Å². The number of sulfonamides is 1. The van der Waals surface area contributed by atoms with Crippen LogP contribution in [0.1, 0.15) is 13.3 Å². The number of nitrogens with one attached hydrogen (secondary N) is 5. The van der Waals surface area contributed by atoms with Crippen LogP contribution in [-0.2, 0) is 10.0 Å². The summed E-state index contributed by atoms with van der Waals surface area (Å²) in [6.07, 6.45) is 2.27. The molecule has 0 radical (unpaired) electrons. The number of nitrogens with zero attached hydrogens (tertiary/aromatic N) is 3. The molecule has 0 aliphatic heterocycles. The second-order valence-electron chi connectivity index (χ2n) is 6.10. The largest absolute Gasteiger partial charge is 0.394 e.